The van der Waals surface area contributed by atoms with Crippen LogP contribution in [0.3, 0.4) is 0 Å². The molecule has 0 bridgehead atoms. The summed E-state index contributed by atoms with van der Waals surface area (Å²) in [6.45, 7) is 2.53. The van der Waals surface area contributed by atoms with E-state index in [1.54, 1.807) is 21.3 Å². The molecule has 1 aliphatic rings. The summed E-state index contributed by atoms with van der Waals surface area (Å²) in [5.41, 5.74) is 5.46. The quantitative estimate of drug-likeness (QED) is 0.306. The van der Waals surface area contributed by atoms with Gasteiger partial charge in [-0.15, -0.1) is 0 Å². The van der Waals surface area contributed by atoms with Gasteiger partial charge in [-0.3, -0.25) is 4.79 Å². The minimum absolute atomic E-state index is 0.0161. The second kappa shape index (κ2) is 9.90. The summed E-state index contributed by atoms with van der Waals surface area (Å²) in [7, 11) is 4.87. The Hall–Kier alpha value is -4.06. The number of carbonyl (C=O) groups is 1. The summed E-state index contributed by atoms with van der Waals surface area (Å²) in [4.78, 5) is 20.6. The van der Waals surface area contributed by atoms with Crippen LogP contribution in [0.2, 0.25) is 0 Å². The minimum atomic E-state index is 0.0161. The van der Waals surface area contributed by atoms with Crippen molar-refractivity contribution in [3.05, 3.63) is 83.4 Å². The summed E-state index contributed by atoms with van der Waals surface area (Å²) < 4.78 is 16.3. The molecule has 1 fully saturated rings. The molecule has 1 saturated carbocycles. The van der Waals surface area contributed by atoms with Gasteiger partial charge >= 0.3 is 0 Å². The molecule has 0 radical (unpaired) electrons. The molecule has 1 aliphatic carbocycles. The van der Waals surface area contributed by atoms with Crippen molar-refractivity contribution in [1.29, 1.82) is 0 Å². The number of fused-ring (bicyclic) bond motifs is 1. The fourth-order valence-corrected chi connectivity index (χ4v) is 4.51. The summed E-state index contributed by atoms with van der Waals surface area (Å²) in [5.74, 6) is 2.05. The van der Waals surface area contributed by atoms with E-state index in [0.29, 0.717) is 23.6 Å². The highest BCUT2D eigenvalue weighted by Crippen LogP contribution is 2.36. The number of ether oxygens (including phenoxy) is 3. The molecule has 0 spiro atoms. The third kappa shape index (κ3) is 4.71. The smallest absolute Gasteiger partial charge is 0.254 e. The van der Waals surface area contributed by atoms with Crippen LogP contribution in [0.5, 0.6) is 17.2 Å². The monoisotopic (exact) mass is 482 g/mol. The molecule has 6 heteroatoms. The highest BCUT2D eigenvalue weighted by atomic mass is 16.5. The highest BCUT2D eigenvalue weighted by Gasteiger charge is 2.34. The van der Waals surface area contributed by atoms with Gasteiger partial charge in [-0.25, -0.2) is 4.98 Å². The minimum Gasteiger partial charge on any atom is -0.497 e. The van der Waals surface area contributed by atoms with Crippen molar-refractivity contribution in [1.82, 2.24) is 9.88 Å². The number of aryl methyl sites for hydroxylation is 1. The number of hydrogen-bond donors (Lipinski definition) is 0. The maximum Gasteiger partial charge on any atom is 0.254 e. The van der Waals surface area contributed by atoms with E-state index in [1.165, 1.54) is 0 Å². The molecule has 5 rings (SSSR count). The molecule has 1 amide bonds. The van der Waals surface area contributed by atoms with Gasteiger partial charge in [0.15, 0.2) is 11.5 Å². The fourth-order valence-electron chi connectivity index (χ4n) is 4.51. The Bertz CT molecular complexity index is 1410. The number of benzene rings is 3. The summed E-state index contributed by atoms with van der Waals surface area (Å²) in [6, 6.07) is 21.8. The zero-order chi connectivity index (χ0) is 25.2. The topological polar surface area (TPSA) is 60.9 Å². The number of rotatable bonds is 8. The Morgan fingerprint density at radius 2 is 1.64 bits per heavy atom. The lowest BCUT2D eigenvalue weighted by atomic mass is 10.0. The SMILES string of the molecule is COc1ccc(C(=O)N(Cc2cc3ccc(C)cc3nc2-c2ccc(OC)c(OC)c2)C2CC2)cc1. The van der Waals surface area contributed by atoms with Crippen molar-refractivity contribution >= 4 is 16.8 Å². The van der Waals surface area contributed by atoms with Crippen LogP contribution in [0.1, 0.15) is 34.3 Å². The Morgan fingerprint density at radius 1 is 0.889 bits per heavy atom. The lowest BCUT2D eigenvalue weighted by molar-refractivity contribution is 0.0730. The molecule has 1 heterocycles. The van der Waals surface area contributed by atoms with Crippen molar-refractivity contribution in [2.75, 3.05) is 21.3 Å². The fraction of sp³-hybridized carbons (Fsp3) is 0.267. The highest BCUT2D eigenvalue weighted by molar-refractivity contribution is 5.95. The molecule has 0 atom stereocenters. The van der Waals surface area contributed by atoms with Gasteiger partial charge in [0.05, 0.1) is 32.5 Å². The number of methoxy groups -OCH3 is 3. The lowest BCUT2D eigenvalue weighted by Gasteiger charge is -2.24. The Kier molecular flexibility index (Phi) is 6.51. The number of aromatic nitrogens is 1. The normalized spacial score (nSPS) is 12.9. The van der Waals surface area contributed by atoms with Crippen LogP contribution in [0.15, 0.2) is 66.7 Å². The molecule has 1 aromatic heterocycles. The molecule has 0 saturated heterocycles. The van der Waals surface area contributed by atoms with Gasteiger partial charge in [0.25, 0.3) is 5.91 Å². The molecule has 3 aromatic carbocycles. The third-order valence-electron chi connectivity index (χ3n) is 6.64. The number of amides is 1. The van der Waals surface area contributed by atoms with Gasteiger partial charge in [0.2, 0.25) is 0 Å². The average molecular weight is 483 g/mol. The second-order valence-electron chi connectivity index (χ2n) is 9.15. The molecule has 4 aromatic rings. The van der Waals surface area contributed by atoms with E-state index < -0.39 is 0 Å². The average Bonchev–Trinajstić information content (AvgIpc) is 3.76. The molecule has 184 valence electrons. The zero-order valence-corrected chi connectivity index (χ0v) is 21.1. The standard InChI is InChI=1S/C30H30N2O4/c1-19-5-6-21-16-23(18-32(24-10-11-24)30(33)20-7-12-25(34-2)13-8-20)29(31-26(21)15-19)22-9-14-27(35-3)28(17-22)36-4/h5-9,12-17,24H,10-11,18H2,1-4H3. The Morgan fingerprint density at radius 3 is 2.31 bits per heavy atom. The van der Waals surface area contributed by atoms with Crippen LogP contribution in [0.4, 0.5) is 0 Å². The number of carbonyl (C=O) groups excluding carboxylic acids is 1. The first-order chi connectivity index (χ1) is 17.5. The first-order valence-electron chi connectivity index (χ1n) is 12.1. The number of nitrogens with zero attached hydrogens (tertiary/aromatic N) is 2. The van der Waals surface area contributed by atoms with E-state index in [-0.39, 0.29) is 11.9 Å². The largest absolute Gasteiger partial charge is 0.497 e. The first-order valence-corrected chi connectivity index (χ1v) is 12.1. The van der Waals surface area contributed by atoms with Gasteiger partial charge in [0.1, 0.15) is 5.75 Å². The molecule has 0 aliphatic heterocycles. The predicted octanol–water partition coefficient (Wildman–Crippen LogP) is 6.04. The van der Waals surface area contributed by atoms with Crippen molar-refractivity contribution in [3.63, 3.8) is 0 Å². The molecular formula is C30H30N2O4. The van der Waals surface area contributed by atoms with Gasteiger partial charge in [0, 0.05) is 29.1 Å². The van der Waals surface area contributed by atoms with Crippen LogP contribution in [-0.4, -0.2) is 43.2 Å². The van der Waals surface area contributed by atoms with Crippen LogP contribution in [0.25, 0.3) is 22.2 Å². The van der Waals surface area contributed by atoms with Crippen molar-refractivity contribution in [3.8, 4) is 28.5 Å². The first kappa shape index (κ1) is 23.7. The third-order valence-corrected chi connectivity index (χ3v) is 6.64. The molecule has 36 heavy (non-hydrogen) atoms. The Labute approximate surface area is 211 Å². The molecule has 0 unspecified atom stereocenters. The molecular weight excluding hydrogens is 452 g/mol. The van der Waals surface area contributed by atoms with Crippen molar-refractivity contribution in [2.45, 2.75) is 32.4 Å². The van der Waals surface area contributed by atoms with E-state index in [9.17, 15) is 4.79 Å². The van der Waals surface area contributed by atoms with Crippen LogP contribution < -0.4 is 14.2 Å². The van der Waals surface area contributed by atoms with Gasteiger partial charge in [-0.2, -0.15) is 0 Å². The van der Waals surface area contributed by atoms with E-state index in [4.69, 9.17) is 19.2 Å². The molecule has 6 nitrogen and oxygen atoms in total. The van der Waals surface area contributed by atoms with Crippen LogP contribution >= 0.6 is 0 Å². The maximum absolute atomic E-state index is 13.6. The lowest BCUT2D eigenvalue weighted by Crippen LogP contribution is -2.32. The van der Waals surface area contributed by atoms with Gasteiger partial charge in [-0.1, -0.05) is 12.1 Å². The zero-order valence-electron chi connectivity index (χ0n) is 21.1. The number of hydrogen-bond acceptors (Lipinski definition) is 5. The van der Waals surface area contributed by atoms with Crippen LogP contribution in [-0.2, 0) is 6.54 Å². The number of pyridine rings is 1. The predicted molar refractivity (Wildman–Crippen MR) is 141 cm³/mol. The Balaban J connectivity index is 1.59. The van der Waals surface area contributed by atoms with Crippen molar-refractivity contribution < 1.29 is 19.0 Å². The van der Waals surface area contributed by atoms with Gasteiger partial charge < -0.3 is 19.1 Å². The summed E-state index contributed by atoms with van der Waals surface area (Å²) >= 11 is 0. The summed E-state index contributed by atoms with van der Waals surface area (Å²) in [5, 5.41) is 1.05. The van der Waals surface area contributed by atoms with E-state index in [2.05, 4.69) is 31.2 Å². The van der Waals surface area contributed by atoms with Crippen LogP contribution in [0, 0.1) is 6.92 Å². The second-order valence-corrected chi connectivity index (χ2v) is 9.15. The van der Waals surface area contributed by atoms with E-state index >= 15 is 0 Å². The van der Waals surface area contributed by atoms with Gasteiger partial charge in [-0.05, 0) is 85.5 Å². The maximum atomic E-state index is 13.6. The molecule has 0 N–H and O–H groups in total. The van der Waals surface area contributed by atoms with E-state index in [1.807, 2.05) is 47.4 Å². The summed E-state index contributed by atoms with van der Waals surface area (Å²) in [6.07, 6.45) is 2.02. The van der Waals surface area contributed by atoms with E-state index in [0.717, 1.165) is 51.9 Å². The van der Waals surface area contributed by atoms with Crippen molar-refractivity contribution in [2.24, 2.45) is 0 Å².